The number of hydrogen-bond donors (Lipinski definition) is 2. The second kappa shape index (κ2) is 8.17. The van der Waals surface area contributed by atoms with Crippen molar-refractivity contribution in [2.45, 2.75) is 32.1 Å². The molecule has 0 aliphatic carbocycles. The van der Waals surface area contributed by atoms with Gasteiger partial charge in [-0.05, 0) is 40.4 Å². The summed E-state index contributed by atoms with van der Waals surface area (Å²) in [5, 5.41) is 28.4. The highest BCUT2D eigenvalue weighted by Gasteiger charge is 2.37. The number of hydrogen-bond acceptors (Lipinski definition) is 7. The summed E-state index contributed by atoms with van der Waals surface area (Å²) in [5.41, 5.74) is 1.65. The minimum Gasteiger partial charge on any atom is -0.316 e. The maximum atomic E-state index is 13.4. The van der Waals surface area contributed by atoms with E-state index in [0.29, 0.717) is 30.9 Å². The molecule has 0 spiro atoms. The van der Waals surface area contributed by atoms with Crippen LogP contribution < -0.4 is 5.32 Å². The Bertz CT molecular complexity index is 847. The zero-order valence-corrected chi connectivity index (χ0v) is 15.3. The van der Waals surface area contributed by atoms with Crippen LogP contribution in [0.1, 0.15) is 49.1 Å². The summed E-state index contributed by atoms with van der Waals surface area (Å²) in [5.74, 6) is -0.303. The molecule has 9 nitrogen and oxygen atoms in total. The van der Waals surface area contributed by atoms with Gasteiger partial charge in [0.05, 0.1) is 10.5 Å². The van der Waals surface area contributed by atoms with E-state index in [1.165, 1.54) is 0 Å². The van der Waals surface area contributed by atoms with E-state index < -0.39 is 10.8 Å². The number of nitrogens with zero attached hydrogens (tertiary/aromatic N) is 4. The molecule has 2 unspecified atom stereocenters. The molecular formula is C18H22N6O3. The Kier molecular flexibility index (Phi) is 5.70. The fourth-order valence-corrected chi connectivity index (χ4v) is 3.60. The van der Waals surface area contributed by atoms with Crippen LogP contribution in [0.4, 0.5) is 0 Å². The number of piperidine rings is 1. The SMILES string of the molecule is CC(C)c1ccccc1/C(=C\[N+](=O)[O-])C(=O)C1CCNCC1c1nnn[nH]1. The van der Waals surface area contributed by atoms with Gasteiger partial charge in [0, 0.05) is 18.4 Å². The minimum atomic E-state index is -0.559. The lowest BCUT2D eigenvalue weighted by atomic mass is 9.78. The van der Waals surface area contributed by atoms with Crippen LogP contribution in [0.15, 0.2) is 30.5 Å². The van der Waals surface area contributed by atoms with Gasteiger partial charge in [0.2, 0.25) is 6.20 Å². The Morgan fingerprint density at radius 3 is 2.81 bits per heavy atom. The summed E-state index contributed by atoms with van der Waals surface area (Å²) in [6.07, 6.45) is 1.39. The maximum Gasteiger partial charge on any atom is 0.245 e. The van der Waals surface area contributed by atoms with Crippen LogP contribution >= 0.6 is 0 Å². The third kappa shape index (κ3) is 4.08. The molecule has 1 aliphatic rings. The molecule has 2 N–H and O–H groups in total. The number of allylic oxidation sites excluding steroid dienone is 1. The first-order valence-electron chi connectivity index (χ1n) is 8.92. The van der Waals surface area contributed by atoms with Gasteiger partial charge in [-0.2, -0.15) is 0 Å². The van der Waals surface area contributed by atoms with Crippen molar-refractivity contribution in [3.05, 3.63) is 57.5 Å². The van der Waals surface area contributed by atoms with Crippen molar-refractivity contribution >= 4 is 11.4 Å². The lowest BCUT2D eigenvalue weighted by molar-refractivity contribution is -0.401. The monoisotopic (exact) mass is 370 g/mol. The summed E-state index contributed by atoms with van der Waals surface area (Å²) in [6, 6.07) is 7.35. The molecule has 1 aromatic carbocycles. The molecule has 2 atom stereocenters. The Labute approximate surface area is 156 Å². The van der Waals surface area contributed by atoms with Crippen molar-refractivity contribution in [3.8, 4) is 0 Å². The Hall–Kier alpha value is -2.94. The van der Waals surface area contributed by atoms with Crippen molar-refractivity contribution in [2.75, 3.05) is 13.1 Å². The van der Waals surface area contributed by atoms with Gasteiger partial charge in [-0.3, -0.25) is 14.9 Å². The summed E-state index contributed by atoms with van der Waals surface area (Å²) in [7, 11) is 0. The number of aromatic nitrogens is 4. The third-order valence-corrected chi connectivity index (χ3v) is 4.90. The number of nitro groups is 1. The number of benzene rings is 1. The average molecular weight is 370 g/mol. The molecular weight excluding hydrogens is 348 g/mol. The highest BCUT2D eigenvalue weighted by atomic mass is 16.6. The normalized spacial score (nSPS) is 20.6. The second-order valence-corrected chi connectivity index (χ2v) is 6.93. The van der Waals surface area contributed by atoms with E-state index in [4.69, 9.17) is 0 Å². The molecule has 1 saturated heterocycles. The van der Waals surface area contributed by atoms with Gasteiger partial charge in [-0.1, -0.05) is 38.1 Å². The van der Waals surface area contributed by atoms with E-state index in [-0.39, 0.29) is 23.2 Å². The molecule has 1 fully saturated rings. The van der Waals surface area contributed by atoms with Gasteiger partial charge < -0.3 is 5.32 Å². The minimum absolute atomic E-state index is 0.131. The Balaban J connectivity index is 2.03. The van der Waals surface area contributed by atoms with Gasteiger partial charge in [0.1, 0.15) is 0 Å². The number of aromatic amines is 1. The molecule has 2 aromatic rings. The van der Waals surface area contributed by atoms with Gasteiger partial charge in [-0.15, -0.1) is 5.10 Å². The highest BCUT2D eigenvalue weighted by molar-refractivity contribution is 6.22. The van der Waals surface area contributed by atoms with Crippen molar-refractivity contribution in [2.24, 2.45) is 5.92 Å². The molecule has 0 bridgehead atoms. The Morgan fingerprint density at radius 2 is 2.15 bits per heavy atom. The van der Waals surface area contributed by atoms with Crippen molar-refractivity contribution in [1.29, 1.82) is 0 Å². The standard InChI is InChI=1S/C18H22N6O3/c1-11(2)12-5-3-4-6-13(12)16(10-24(26)27)17(25)14-7-8-19-9-15(14)18-20-22-23-21-18/h3-6,10-11,14-15,19H,7-9H2,1-2H3,(H,20,21,22,23)/b16-10+. The van der Waals surface area contributed by atoms with Crippen LogP contribution in [0.5, 0.6) is 0 Å². The Morgan fingerprint density at radius 1 is 1.37 bits per heavy atom. The average Bonchev–Trinajstić information content (AvgIpc) is 3.20. The molecule has 3 rings (SSSR count). The third-order valence-electron chi connectivity index (χ3n) is 4.90. The van der Waals surface area contributed by atoms with E-state index in [1.807, 2.05) is 26.0 Å². The number of nitrogens with one attached hydrogen (secondary N) is 2. The first kappa shape index (κ1) is 18.8. The molecule has 0 amide bonds. The van der Waals surface area contributed by atoms with E-state index in [9.17, 15) is 14.9 Å². The first-order chi connectivity index (χ1) is 13.0. The van der Waals surface area contributed by atoms with Gasteiger partial charge >= 0.3 is 0 Å². The number of carbonyl (C=O) groups is 1. The topological polar surface area (TPSA) is 127 Å². The molecule has 1 aliphatic heterocycles. The summed E-state index contributed by atoms with van der Waals surface area (Å²) in [4.78, 5) is 24.2. The van der Waals surface area contributed by atoms with Gasteiger partial charge in [-0.25, -0.2) is 5.10 Å². The maximum absolute atomic E-state index is 13.4. The number of carbonyl (C=O) groups excluding carboxylic acids is 1. The summed E-state index contributed by atoms with van der Waals surface area (Å²) in [6.45, 7) is 5.19. The number of Topliss-reactive ketones (excluding diaryl/α,β-unsaturated/α-hetero) is 1. The van der Waals surface area contributed by atoms with Crippen LogP contribution in [-0.4, -0.2) is 44.4 Å². The fraction of sp³-hybridized carbons (Fsp3) is 0.444. The van der Waals surface area contributed by atoms with E-state index in [2.05, 4.69) is 25.9 Å². The quantitative estimate of drug-likeness (QED) is 0.452. The lowest BCUT2D eigenvalue weighted by Crippen LogP contribution is -2.39. The van der Waals surface area contributed by atoms with Crippen LogP contribution in [0, 0.1) is 16.0 Å². The van der Waals surface area contributed by atoms with Crippen LogP contribution in [0.3, 0.4) is 0 Å². The molecule has 0 radical (unpaired) electrons. The van der Waals surface area contributed by atoms with E-state index in [1.54, 1.807) is 12.1 Å². The molecule has 142 valence electrons. The predicted octanol–water partition coefficient (Wildman–Crippen LogP) is 1.90. The van der Waals surface area contributed by atoms with Gasteiger partial charge in [0.15, 0.2) is 11.6 Å². The zero-order chi connectivity index (χ0) is 19.4. The zero-order valence-electron chi connectivity index (χ0n) is 15.3. The van der Waals surface area contributed by atoms with Crippen molar-refractivity contribution in [3.63, 3.8) is 0 Å². The highest BCUT2D eigenvalue weighted by Crippen LogP contribution is 2.34. The molecule has 9 heteroatoms. The second-order valence-electron chi connectivity index (χ2n) is 6.93. The van der Waals surface area contributed by atoms with Crippen molar-refractivity contribution < 1.29 is 9.72 Å². The van der Waals surface area contributed by atoms with Crippen LogP contribution in [-0.2, 0) is 4.79 Å². The molecule has 27 heavy (non-hydrogen) atoms. The number of tetrazole rings is 1. The predicted molar refractivity (Wildman–Crippen MR) is 98.4 cm³/mol. The van der Waals surface area contributed by atoms with E-state index in [0.717, 1.165) is 11.8 Å². The smallest absolute Gasteiger partial charge is 0.245 e. The van der Waals surface area contributed by atoms with E-state index >= 15 is 0 Å². The fourth-order valence-electron chi connectivity index (χ4n) is 3.60. The van der Waals surface area contributed by atoms with Crippen LogP contribution in [0.2, 0.25) is 0 Å². The van der Waals surface area contributed by atoms with Crippen molar-refractivity contribution in [1.82, 2.24) is 25.9 Å². The van der Waals surface area contributed by atoms with Gasteiger partial charge in [0.25, 0.3) is 0 Å². The molecule has 0 saturated carbocycles. The number of H-pyrrole nitrogens is 1. The summed E-state index contributed by atoms with van der Waals surface area (Å²) >= 11 is 0. The largest absolute Gasteiger partial charge is 0.316 e. The number of rotatable bonds is 6. The lowest BCUT2D eigenvalue weighted by Gasteiger charge is -2.30. The first-order valence-corrected chi connectivity index (χ1v) is 8.92. The summed E-state index contributed by atoms with van der Waals surface area (Å²) < 4.78 is 0. The number of ketones is 1. The molecule has 2 heterocycles. The van der Waals surface area contributed by atoms with Crippen LogP contribution in [0.25, 0.3) is 5.57 Å². The molecule has 1 aromatic heterocycles.